The molecule has 0 amide bonds. The molecule has 0 spiro atoms. The zero-order valence-corrected chi connectivity index (χ0v) is 14.0. The maximum absolute atomic E-state index is 5.51. The van der Waals surface area contributed by atoms with Gasteiger partial charge < -0.3 is 9.05 Å². The third-order valence-corrected chi connectivity index (χ3v) is 4.26. The number of piperidine rings is 1. The van der Waals surface area contributed by atoms with Crippen LogP contribution in [0.15, 0.2) is 27.5 Å². The number of hydrogen-bond donors (Lipinski definition) is 0. The molecule has 0 saturated carbocycles. The van der Waals surface area contributed by atoms with E-state index in [0.717, 1.165) is 32.2 Å². The van der Waals surface area contributed by atoms with Crippen molar-refractivity contribution >= 4 is 0 Å². The van der Waals surface area contributed by atoms with Crippen LogP contribution in [0.25, 0.3) is 11.6 Å². The van der Waals surface area contributed by atoms with Crippen molar-refractivity contribution in [1.82, 2.24) is 35.1 Å². The number of aryl methyl sites for hydroxylation is 1. The summed E-state index contributed by atoms with van der Waals surface area (Å²) >= 11 is 0. The van der Waals surface area contributed by atoms with Gasteiger partial charge in [-0.1, -0.05) is 23.7 Å². The minimum absolute atomic E-state index is 0.0438. The van der Waals surface area contributed by atoms with Gasteiger partial charge in [0.15, 0.2) is 5.82 Å². The number of rotatable bonds is 5. The highest BCUT2D eigenvalue weighted by molar-refractivity contribution is 5.40. The molecule has 3 aromatic heterocycles. The molecule has 4 rings (SSSR count). The highest BCUT2D eigenvalue weighted by Crippen LogP contribution is 2.31. The summed E-state index contributed by atoms with van der Waals surface area (Å²) in [4.78, 5) is 19.5. The molecule has 9 heteroatoms. The number of aromatic nitrogens is 6. The minimum Gasteiger partial charge on any atom is -0.339 e. The fourth-order valence-electron chi connectivity index (χ4n) is 3.02. The van der Waals surface area contributed by atoms with E-state index in [9.17, 15) is 0 Å². The molecule has 1 fully saturated rings. The first-order valence-electron chi connectivity index (χ1n) is 8.50. The number of likely N-dealkylation sites (tertiary alicyclic amines) is 1. The molecule has 1 aliphatic heterocycles. The van der Waals surface area contributed by atoms with E-state index < -0.39 is 0 Å². The van der Waals surface area contributed by atoms with Crippen molar-refractivity contribution < 1.29 is 9.05 Å². The van der Waals surface area contributed by atoms with Crippen molar-refractivity contribution in [3.63, 3.8) is 0 Å². The monoisotopic (exact) mass is 341 g/mol. The largest absolute Gasteiger partial charge is 0.339 e. The molecule has 9 nitrogen and oxygen atoms in total. The fraction of sp³-hybridized carbons (Fsp3) is 0.500. The van der Waals surface area contributed by atoms with Crippen molar-refractivity contribution in [1.29, 1.82) is 0 Å². The first-order valence-corrected chi connectivity index (χ1v) is 8.50. The van der Waals surface area contributed by atoms with Gasteiger partial charge in [-0.15, -0.1) is 0 Å². The van der Waals surface area contributed by atoms with Crippen LogP contribution in [0.2, 0.25) is 0 Å². The van der Waals surface area contributed by atoms with E-state index in [-0.39, 0.29) is 6.04 Å². The molecule has 0 unspecified atom stereocenters. The molecule has 1 saturated heterocycles. The van der Waals surface area contributed by atoms with E-state index in [0.29, 0.717) is 35.8 Å². The van der Waals surface area contributed by atoms with Gasteiger partial charge in [-0.25, -0.2) is 9.97 Å². The quantitative estimate of drug-likeness (QED) is 0.690. The van der Waals surface area contributed by atoms with Crippen LogP contribution in [0, 0.1) is 0 Å². The highest BCUT2D eigenvalue weighted by Gasteiger charge is 2.30. The van der Waals surface area contributed by atoms with Crippen LogP contribution < -0.4 is 0 Å². The highest BCUT2D eigenvalue weighted by atomic mass is 16.5. The van der Waals surface area contributed by atoms with E-state index in [1.165, 1.54) is 0 Å². The SMILES string of the molecule is CCc1nc(CN2CCCC[C@@H]2c2nc(-c3ncccn3)no2)no1. The van der Waals surface area contributed by atoms with Crippen LogP contribution in [0.4, 0.5) is 0 Å². The van der Waals surface area contributed by atoms with Crippen molar-refractivity contribution in [3.05, 3.63) is 36.1 Å². The van der Waals surface area contributed by atoms with Gasteiger partial charge in [0, 0.05) is 18.8 Å². The van der Waals surface area contributed by atoms with E-state index in [1.807, 2.05) is 6.92 Å². The summed E-state index contributed by atoms with van der Waals surface area (Å²) in [5.74, 6) is 2.81. The van der Waals surface area contributed by atoms with Crippen molar-refractivity contribution in [2.75, 3.05) is 6.54 Å². The Labute approximate surface area is 144 Å². The van der Waals surface area contributed by atoms with Crippen LogP contribution >= 0.6 is 0 Å². The summed E-state index contributed by atoms with van der Waals surface area (Å²) in [6.45, 7) is 3.53. The van der Waals surface area contributed by atoms with Crippen molar-refractivity contribution in [3.8, 4) is 11.6 Å². The van der Waals surface area contributed by atoms with Crippen LogP contribution in [0.1, 0.15) is 49.8 Å². The second-order valence-electron chi connectivity index (χ2n) is 5.97. The summed E-state index contributed by atoms with van der Waals surface area (Å²) < 4.78 is 10.7. The third-order valence-electron chi connectivity index (χ3n) is 4.26. The van der Waals surface area contributed by atoms with Gasteiger partial charge >= 0.3 is 0 Å². The Bertz CT molecular complexity index is 817. The topological polar surface area (TPSA) is 107 Å². The van der Waals surface area contributed by atoms with Gasteiger partial charge in [0.1, 0.15) is 0 Å². The molecule has 3 aromatic rings. The summed E-state index contributed by atoms with van der Waals surface area (Å²) in [5, 5.41) is 8.08. The van der Waals surface area contributed by atoms with Crippen molar-refractivity contribution in [2.24, 2.45) is 0 Å². The maximum atomic E-state index is 5.51. The molecule has 1 aliphatic rings. The Morgan fingerprint density at radius 2 is 1.96 bits per heavy atom. The van der Waals surface area contributed by atoms with E-state index in [1.54, 1.807) is 18.5 Å². The number of nitrogens with zero attached hydrogens (tertiary/aromatic N) is 7. The molecular formula is C16H19N7O2. The standard InChI is InChI=1S/C16H19N7O2/c1-2-13-19-12(21-24-13)10-23-9-4-3-6-11(23)16-20-15(22-25-16)14-17-7-5-8-18-14/h5,7-8,11H,2-4,6,9-10H2,1H3/t11-/m1/s1. The second kappa shape index (κ2) is 7.06. The maximum Gasteiger partial charge on any atom is 0.244 e. The lowest BCUT2D eigenvalue weighted by molar-refractivity contribution is 0.107. The van der Waals surface area contributed by atoms with Gasteiger partial charge in [0.05, 0.1) is 12.6 Å². The van der Waals surface area contributed by atoms with Gasteiger partial charge in [0.25, 0.3) is 0 Å². The Kier molecular flexibility index (Phi) is 4.47. The summed E-state index contributed by atoms with van der Waals surface area (Å²) in [6.07, 6.45) is 7.25. The predicted octanol–water partition coefficient (Wildman–Crippen LogP) is 2.20. The molecule has 25 heavy (non-hydrogen) atoms. The molecule has 0 N–H and O–H groups in total. The lowest BCUT2D eigenvalue weighted by atomic mass is 10.0. The normalized spacial score (nSPS) is 18.5. The molecule has 0 bridgehead atoms. The second-order valence-corrected chi connectivity index (χ2v) is 5.97. The Balaban J connectivity index is 1.54. The van der Waals surface area contributed by atoms with Gasteiger partial charge in [0.2, 0.25) is 23.4 Å². The zero-order valence-electron chi connectivity index (χ0n) is 14.0. The van der Waals surface area contributed by atoms with E-state index in [4.69, 9.17) is 9.05 Å². The first-order chi connectivity index (χ1) is 12.3. The van der Waals surface area contributed by atoms with Crippen molar-refractivity contribution in [2.45, 2.75) is 45.2 Å². The van der Waals surface area contributed by atoms with Crippen LogP contribution in [0.5, 0.6) is 0 Å². The summed E-state index contributed by atoms with van der Waals surface area (Å²) in [6, 6.07) is 1.80. The van der Waals surface area contributed by atoms with E-state index in [2.05, 4.69) is 35.1 Å². The molecule has 0 aromatic carbocycles. The van der Waals surface area contributed by atoms with Gasteiger partial charge in [-0.05, 0) is 25.5 Å². The van der Waals surface area contributed by atoms with Gasteiger partial charge in [-0.2, -0.15) is 9.97 Å². The zero-order chi connectivity index (χ0) is 17.1. The molecule has 1 atom stereocenters. The average molecular weight is 341 g/mol. The Hall–Kier alpha value is -2.68. The number of hydrogen-bond acceptors (Lipinski definition) is 9. The van der Waals surface area contributed by atoms with Crippen LogP contribution in [-0.2, 0) is 13.0 Å². The molecule has 4 heterocycles. The fourth-order valence-corrected chi connectivity index (χ4v) is 3.02. The first kappa shape index (κ1) is 15.8. The lowest BCUT2D eigenvalue weighted by Gasteiger charge is -2.32. The molecule has 130 valence electrons. The Morgan fingerprint density at radius 3 is 2.76 bits per heavy atom. The third kappa shape index (κ3) is 3.41. The Morgan fingerprint density at radius 1 is 1.08 bits per heavy atom. The summed E-state index contributed by atoms with van der Waals surface area (Å²) in [7, 11) is 0. The van der Waals surface area contributed by atoms with Crippen LogP contribution in [-0.4, -0.2) is 41.7 Å². The lowest BCUT2D eigenvalue weighted by Crippen LogP contribution is -2.33. The minimum atomic E-state index is 0.0438. The molecular weight excluding hydrogens is 322 g/mol. The predicted molar refractivity (Wildman–Crippen MR) is 86.0 cm³/mol. The van der Waals surface area contributed by atoms with Gasteiger partial charge in [-0.3, -0.25) is 4.90 Å². The molecule has 0 aliphatic carbocycles. The summed E-state index contributed by atoms with van der Waals surface area (Å²) in [5.41, 5.74) is 0. The van der Waals surface area contributed by atoms with E-state index >= 15 is 0 Å². The average Bonchev–Trinajstić information content (AvgIpc) is 3.32. The molecule has 0 radical (unpaired) electrons. The smallest absolute Gasteiger partial charge is 0.244 e. The van der Waals surface area contributed by atoms with Crippen LogP contribution in [0.3, 0.4) is 0 Å².